The van der Waals surface area contributed by atoms with Gasteiger partial charge < -0.3 is 4.98 Å². The van der Waals surface area contributed by atoms with Crippen molar-refractivity contribution < 1.29 is 4.79 Å². The zero-order valence-electron chi connectivity index (χ0n) is 7.05. The average molecular weight is 274 g/mol. The van der Waals surface area contributed by atoms with Crippen molar-refractivity contribution in [3.63, 3.8) is 0 Å². The van der Waals surface area contributed by atoms with Gasteiger partial charge in [-0.05, 0) is 23.7 Å². The first-order chi connectivity index (χ1) is 6.74. The summed E-state index contributed by atoms with van der Waals surface area (Å²) in [6.07, 6.45) is 1.60. The predicted octanol–water partition coefficient (Wildman–Crippen LogP) is 2.84. The minimum atomic E-state index is -0.454. The van der Waals surface area contributed by atoms with Gasteiger partial charge in [-0.1, -0.05) is 15.9 Å². The molecular weight excluding hydrogens is 267 g/mol. The number of rotatable bonds is 2. The first-order valence-corrected chi connectivity index (χ1v) is 5.44. The van der Waals surface area contributed by atoms with Crippen LogP contribution in [0, 0.1) is 0 Å². The van der Waals surface area contributed by atoms with Gasteiger partial charge in [0.25, 0.3) is 5.24 Å². The molecule has 5 heteroatoms. The zero-order valence-corrected chi connectivity index (χ0v) is 9.39. The van der Waals surface area contributed by atoms with E-state index in [1.165, 1.54) is 0 Å². The fraction of sp³-hybridized carbons (Fsp3) is 0.111. The standard InChI is InChI=1S/C9H6BrClN2O/c10-3-6-5(9(11)14)1-2-7-8(6)13-4-12-7/h1-2,4H,3H2,(H,12,13). The van der Waals surface area contributed by atoms with E-state index in [-0.39, 0.29) is 0 Å². The number of carbonyl (C=O) groups excluding carboxylic acids is 1. The number of alkyl halides is 1. The number of fused-ring (bicyclic) bond motifs is 1. The lowest BCUT2D eigenvalue weighted by molar-refractivity contribution is 0.108. The number of benzene rings is 1. The van der Waals surface area contributed by atoms with Gasteiger partial charge in [-0.2, -0.15) is 0 Å². The second-order valence-corrected chi connectivity index (χ2v) is 3.70. The van der Waals surface area contributed by atoms with E-state index in [1.54, 1.807) is 18.5 Å². The van der Waals surface area contributed by atoms with Crippen molar-refractivity contribution in [3.8, 4) is 0 Å². The maximum atomic E-state index is 11.1. The normalized spacial score (nSPS) is 10.7. The van der Waals surface area contributed by atoms with Crippen molar-refractivity contribution in [2.24, 2.45) is 0 Å². The third-order valence-corrected chi connectivity index (χ3v) is 2.81. The molecule has 1 N–H and O–H groups in total. The number of nitrogens with zero attached hydrogens (tertiary/aromatic N) is 1. The topological polar surface area (TPSA) is 45.8 Å². The Morgan fingerprint density at radius 3 is 3.00 bits per heavy atom. The molecule has 0 unspecified atom stereocenters. The molecule has 14 heavy (non-hydrogen) atoms. The molecule has 3 nitrogen and oxygen atoms in total. The monoisotopic (exact) mass is 272 g/mol. The minimum Gasteiger partial charge on any atom is -0.345 e. The predicted molar refractivity (Wildman–Crippen MR) is 58.9 cm³/mol. The molecule has 1 aromatic carbocycles. The van der Waals surface area contributed by atoms with Crippen LogP contribution in [0.1, 0.15) is 15.9 Å². The molecule has 0 atom stereocenters. The van der Waals surface area contributed by atoms with E-state index in [2.05, 4.69) is 25.9 Å². The number of hydrogen-bond acceptors (Lipinski definition) is 2. The summed E-state index contributed by atoms with van der Waals surface area (Å²) in [7, 11) is 0. The minimum absolute atomic E-state index is 0.454. The maximum absolute atomic E-state index is 11.1. The van der Waals surface area contributed by atoms with E-state index in [1.807, 2.05) is 0 Å². The Kier molecular flexibility index (Phi) is 2.56. The van der Waals surface area contributed by atoms with Crippen LogP contribution in [0.4, 0.5) is 0 Å². The Morgan fingerprint density at radius 2 is 2.36 bits per heavy atom. The summed E-state index contributed by atoms with van der Waals surface area (Å²) < 4.78 is 0. The van der Waals surface area contributed by atoms with E-state index < -0.39 is 5.24 Å². The lowest BCUT2D eigenvalue weighted by atomic mass is 10.1. The number of H-pyrrole nitrogens is 1. The highest BCUT2D eigenvalue weighted by atomic mass is 79.9. The number of halogens is 2. The number of aromatic nitrogens is 2. The van der Waals surface area contributed by atoms with Crippen LogP contribution in [0.3, 0.4) is 0 Å². The highest BCUT2D eigenvalue weighted by Crippen LogP contribution is 2.23. The van der Waals surface area contributed by atoms with E-state index in [4.69, 9.17) is 11.6 Å². The molecule has 0 spiro atoms. The Morgan fingerprint density at radius 1 is 1.57 bits per heavy atom. The molecule has 2 rings (SSSR count). The van der Waals surface area contributed by atoms with Crippen LogP contribution in [0.15, 0.2) is 18.5 Å². The van der Waals surface area contributed by atoms with Gasteiger partial charge in [-0.3, -0.25) is 4.79 Å². The Balaban J connectivity index is 2.78. The molecule has 0 bridgehead atoms. The summed E-state index contributed by atoms with van der Waals surface area (Å²) >= 11 is 8.77. The van der Waals surface area contributed by atoms with Gasteiger partial charge >= 0.3 is 0 Å². The van der Waals surface area contributed by atoms with Gasteiger partial charge in [0, 0.05) is 16.5 Å². The zero-order chi connectivity index (χ0) is 10.1. The number of carbonyl (C=O) groups is 1. The largest absolute Gasteiger partial charge is 0.345 e. The van der Waals surface area contributed by atoms with Gasteiger partial charge in [0.15, 0.2) is 0 Å². The quantitative estimate of drug-likeness (QED) is 0.675. The fourth-order valence-corrected chi connectivity index (χ4v) is 2.13. The fourth-order valence-electron chi connectivity index (χ4n) is 1.39. The molecule has 0 aliphatic rings. The van der Waals surface area contributed by atoms with Crippen LogP contribution in [0.5, 0.6) is 0 Å². The summed E-state index contributed by atoms with van der Waals surface area (Å²) in [6, 6.07) is 3.50. The highest BCUT2D eigenvalue weighted by molar-refractivity contribution is 9.08. The summed E-state index contributed by atoms with van der Waals surface area (Å²) in [5.74, 6) is 0. The van der Waals surface area contributed by atoms with Crippen LogP contribution in [0.25, 0.3) is 11.0 Å². The lowest BCUT2D eigenvalue weighted by Gasteiger charge is -2.02. The van der Waals surface area contributed by atoms with Crippen molar-refractivity contribution in [3.05, 3.63) is 29.6 Å². The SMILES string of the molecule is O=C(Cl)c1ccc2[nH]cnc2c1CBr. The van der Waals surface area contributed by atoms with E-state index in [0.29, 0.717) is 10.9 Å². The Bertz CT molecular complexity index is 495. The molecule has 1 aromatic heterocycles. The van der Waals surface area contributed by atoms with Crippen LogP contribution >= 0.6 is 27.5 Å². The summed E-state index contributed by atoms with van der Waals surface area (Å²) in [6.45, 7) is 0. The summed E-state index contributed by atoms with van der Waals surface area (Å²) in [5.41, 5.74) is 3.02. The molecule has 0 amide bonds. The molecule has 0 saturated heterocycles. The number of hydrogen-bond donors (Lipinski definition) is 1. The van der Waals surface area contributed by atoms with Crippen LogP contribution in [-0.2, 0) is 5.33 Å². The van der Waals surface area contributed by atoms with Crippen LogP contribution in [-0.4, -0.2) is 15.2 Å². The van der Waals surface area contributed by atoms with E-state index in [0.717, 1.165) is 16.6 Å². The third kappa shape index (κ3) is 1.44. The molecule has 0 aliphatic heterocycles. The molecule has 1 heterocycles. The van der Waals surface area contributed by atoms with Crippen LogP contribution < -0.4 is 0 Å². The van der Waals surface area contributed by atoms with Gasteiger partial charge in [-0.25, -0.2) is 4.98 Å². The number of imidazole rings is 1. The average Bonchev–Trinajstić information content (AvgIpc) is 2.63. The second kappa shape index (κ2) is 3.71. The highest BCUT2D eigenvalue weighted by Gasteiger charge is 2.12. The second-order valence-electron chi connectivity index (χ2n) is 2.80. The summed E-state index contributed by atoms with van der Waals surface area (Å²) in [4.78, 5) is 18.2. The smallest absolute Gasteiger partial charge is 0.252 e. The molecular formula is C9H6BrClN2O. The van der Waals surface area contributed by atoms with Gasteiger partial charge in [0.05, 0.1) is 17.4 Å². The molecule has 0 radical (unpaired) electrons. The van der Waals surface area contributed by atoms with Crippen molar-refractivity contribution in [1.82, 2.24) is 9.97 Å². The van der Waals surface area contributed by atoms with Crippen molar-refractivity contribution in [2.45, 2.75) is 5.33 Å². The molecule has 0 fully saturated rings. The van der Waals surface area contributed by atoms with Gasteiger partial charge in [0.1, 0.15) is 0 Å². The first-order valence-electron chi connectivity index (χ1n) is 3.95. The Labute approximate surface area is 93.6 Å². The van der Waals surface area contributed by atoms with Crippen LogP contribution in [0.2, 0.25) is 0 Å². The lowest BCUT2D eigenvalue weighted by Crippen LogP contribution is -1.96. The Hall–Kier alpha value is -0.870. The van der Waals surface area contributed by atoms with Gasteiger partial charge in [0.2, 0.25) is 0 Å². The van der Waals surface area contributed by atoms with E-state index in [9.17, 15) is 4.79 Å². The first kappa shape index (κ1) is 9.68. The van der Waals surface area contributed by atoms with Crippen molar-refractivity contribution in [2.75, 3.05) is 0 Å². The maximum Gasteiger partial charge on any atom is 0.252 e. The number of aromatic amines is 1. The molecule has 72 valence electrons. The van der Waals surface area contributed by atoms with Crippen molar-refractivity contribution >= 4 is 43.8 Å². The van der Waals surface area contributed by atoms with Gasteiger partial charge in [-0.15, -0.1) is 0 Å². The van der Waals surface area contributed by atoms with E-state index >= 15 is 0 Å². The number of nitrogens with one attached hydrogen (secondary N) is 1. The third-order valence-electron chi connectivity index (χ3n) is 2.04. The molecule has 2 aromatic rings. The molecule has 0 aliphatic carbocycles. The molecule has 0 saturated carbocycles. The van der Waals surface area contributed by atoms with Crippen molar-refractivity contribution in [1.29, 1.82) is 0 Å². The summed E-state index contributed by atoms with van der Waals surface area (Å²) in [5, 5.41) is 0.104.